The van der Waals surface area contributed by atoms with Gasteiger partial charge in [0, 0.05) is 36.3 Å². The number of likely N-dealkylation sites (tertiary alicyclic amines) is 1. The highest BCUT2D eigenvalue weighted by Gasteiger charge is 2.50. The summed E-state index contributed by atoms with van der Waals surface area (Å²) in [6.07, 6.45) is 9.17. The van der Waals surface area contributed by atoms with Gasteiger partial charge in [0.1, 0.15) is 16.3 Å². The van der Waals surface area contributed by atoms with Gasteiger partial charge in [0.25, 0.3) is 5.91 Å². The number of carbonyl (C=O) groups is 2. The molecule has 0 spiro atoms. The van der Waals surface area contributed by atoms with Crippen LogP contribution in [0.1, 0.15) is 55.4 Å². The summed E-state index contributed by atoms with van der Waals surface area (Å²) in [5.74, 6) is 0.890. The van der Waals surface area contributed by atoms with E-state index in [4.69, 9.17) is 4.74 Å². The molecular weight excluding hydrogens is 516 g/mol. The van der Waals surface area contributed by atoms with Crippen molar-refractivity contribution < 1.29 is 23.1 Å². The topological polar surface area (TPSA) is 114 Å². The summed E-state index contributed by atoms with van der Waals surface area (Å²) >= 11 is 1.49. The molecule has 38 heavy (non-hydrogen) atoms. The van der Waals surface area contributed by atoms with Crippen LogP contribution in [0.2, 0.25) is 0 Å². The minimum atomic E-state index is -2.85. The number of piperidine rings is 1. The molecule has 2 atom stereocenters. The van der Waals surface area contributed by atoms with Crippen molar-refractivity contribution in [2.45, 2.75) is 69.2 Å². The summed E-state index contributed by atoms with van der Waals surface area (Å²) in [6, 6.07) is 1.25. The second-order valence-electron chi connectivity index (χ2n) is 10.3. The number of ether oxygens (including phenoxy) is 1. The number of hydrogen-bond donors (Lipinski definition) is 2. The third-order valence-electron chi connectivity index (χ3n) is 8.08. The number of carbonyl (C=O) groups excluding carboxylic acids is 2. The van der Waals surface area contributed by atoms with E-state index in [1.54, 1.807) is 21.7 Å². The molecule has 2 saturated carbocycles. The second kappa shape index (κ2) is 10.2. The molecule has 0 unspecified atom stereocenters. The van der Waals surface area contributed by atoms with E-state index in [9.17, 15) is 18.4 Å². The Kier molecular flexibility index (Phi) is 6.72. The van der Waals surface area contributed by atoms with Crippen LogP contribution in [0.25, 0.3) is 16.2 Å². The first kappa shape index (κ1) is 25.1. The molecule has 1 saturated heterocycles. The fourth-order valence-corrected chi connectivity index (χ4v) is 6.72. The molecule has 0 aromatic carbocycles. The average Bonchev–Trinajstić information content (AvgIpc) is 3.20. The standard InChI is InChI=1S/C25H29F2N7O3S/c26-24(27)37-19-3-1-2-17(19)30-20-12-18(31-21(32-20)16-13-29-34-10-11-38-23(16)34)22(36)33-8-4-15(5-9-33)25(6-7-25)28-14-35/h10-15,17,19,24H,1-9H2,(H,28,35)(H,30,31,32)/t17-,19-/m0/s1. The lowest BCUT2D eigenvalue weighted by Crippen LogP contribution is -2.46. The van der Waals surface area contributed by atoms with Crippen molar-refractivity contribution in [1.29, 1.82) is 0 Å². The summed E-state index contributed by atoms with van der Waals surface area (Å²) in [4.78, 5) is 36.6. The Morgan fingerprint density at radius 2 is 2.03 bits per heavy atom. The molecule has 3 fully saturated rings. The number of halogens is 2. The number of nitrogens with zero attached hydrogens (tertiary/aromatic N) is 5. The predicted molar refractivity (Wildman–Crippen MR) is 136 cm³/mol. The van der Waals surface area contributed by atoms with Crippen LogP contribution < -0.4 is 10.6 Å². The van der Waals surface area contributed by atoms with Crippen LogP contribution in [0.4, 0.5) is 14.6 Å². The Labute approximate surface area is 221 Å². The first-order chi connectivity index (χ1) is 18.5. The third-order valence-corrected chi connectivity index (χ3v) is 8.97. The van der Waals surface area contributed by atoms with Gasteiger partial charge in [0.15, 0.2) is 5.82 Å². The van der Waals surface area contributed by atoms with Gasteiger partial charge < -0.3 is 20.3 Å². The molecule has 3 aliphatic rings. The molecule has 2 amide bonds. The zero-order valence-electron chi connectivity index (χ0n) is 20.7. The van der Waals surface area contributed by atoms with E-state index in [1.165, 1.54) is 11.3 Å². The molecule has 3 aromatic rings. The molecule has 13 heteroatoms. The smallest absolute Gasteiger partial charge is 0.345 e. The van der Waals surface area contributed by atoms with Gasteiger partial charge in [-0.1, -0.05) is 0 Å². The number of rotatable bonds is 9. The maximum absolute atomic E-state index is 13.6. The minimum absolute atomic E-state index is 0.108. The third kappa shape index (κ3) is 4.84. The van der Waals surface area contributed by atoms with Crippen LogP contribution in [-0.4, -0.2) is 74.2 Å². The highest BCUT2D eigenvalue weighted by atomic mass is 32.1. The van der Waals surface area contributed by atoms with Crippen molar-refractivity contribution in [3.8, 4) is 11.4 Å². The average molecular weight is 546 g/mol. The SMILES string of the molecule is O=CNC1(C2CCN(C(=O)c3cc(N[C@H]4CCC[C@@H]4OC(F)F)nc(-c4cnn5ccsc45)n3)CC2)CC1. The summed E-state index contributed by atoms with van der Waals surface area (Å²) < 4.78 is 32.4. The van der Waals surface area contributed by atoms with E-state index in [1.807, 2.05) is 11.6 Å². The van der Waals surface area contributed by atoms with E-state index in [0.717, 1.165) is 43.3 Å². The maximum Gasteiger partial charge on any atom is 0.345 e. The predicted octanol–water partition coefficient (Wildman–Crippen LogP) is 3.56. The number of fused-ring (bicyclic) bond motifs is 1. The van der Waals surface area contributed by atoms with Gasteiger partial charge in [-0.15, -0.1) is 11.3 Å². The lowest BCUT2D eigenvalue weighted by Gasteiger charge is -2.36. The summed E-state index contributed by atoms with van der Waals surface area (Å²) in [7, 11) is 0. The number of anilines is 1. The summed E-state index contributed by atoms with van der Waals surface area (Å²) in [5, 5.41) is 12.5. The Hall–Kier alpha value is -3.19. The van der Waals surface area contributed by atoms with E-state index in [2.05, 4.69) is 25.7 Å². The normalized spacial score (nSPS) is 23.2. The molecular formula is C25H29F2N7O3S. The van der Waals surface area contributed by atoms with Gasteiger partial charge in [-0.05, 0) is 50.9 Å². The highest BCUT2D eigenvalue weighted by molar-refractivity contribution is 7.16. The van der Waals surface area contributed by atoms with E-state index in [0.29, 0.717) is 49.1 Å². The van der Waals surface area contributed by atoms with Gasteiger partial charge in [-0.2, -0.15) is 13.9 Å². The lowest BCUT2D eigenvalue weighted by molar-refractivity contribution is -0.162. The van der Waals surface area contributed by atoms with E-state index < -0.39 is 12.7 Å². The fraction of sp³-hybridized carbons (Fsp3) is 0.560. The molecule has 0 radical (unpaired) electrons. The molecule has 10 nitrogen and oxygen atoms in total. The molecule has 4 heterocycles. The van der Waals surface area contributed by atoms with Crippen LogP contribution in [-0.2, 0) is 9.53 Å². The number of nitrogens with one attached hydrogen (secondary N) is 2. The van der Waals surface area contributed by atoms with Crippen LogP contribution in [0, 0.1) is 5.92 Å². The molecule has 0 bridgehead atoms. The van der Waals surface area contributed by atoms with Gasteiger partial charge in [0.2, 0.25) is 6.41 Å². The van der Waals surface area contributed by atoms with E-state index in [-0.39, 0.29) is 23.2 Å². The van der Waals surface area contributed by atoms with Gasteiger partial charge in [0.05, 0.1) is 23.9 Å². The quantitative estimate of drug-likeness (QED) is 0.395. The zero-order valence-corrected chi connectivity index (χ0v) is 21.5. The number of hydrogen-bond acceptors (Lipinski definition) is 8. The van der Waals surface area contributed by atoms with Crippen molar-refractivity contribution in [2.24, 2.45) is 5.92 Å². The van der Waals surface area contributed by atoms with Crippen LogP contribution in [0.5, 0.6) is 0 Å². The first-order valence-electron chi connectivity index (χ1n) is 13.0. The van der Waals surface area contributed by atoms with E-state index >= 15 is 0 Å². The second-order valence-corrected chi connectivity index (χ2v) is 11.2. The molecule has 202 valence electrons. The van der Waals surface area contributed by atoms with Crippen LogP contribution in [0.3, 0.4) is 0 Å². The van der Waals surface area contributed by atoms with Crippen LogP contribution in [0.15, 0.2) is 23.8 Å². The monoisotopic (exact) mass is 545 g/mol. The fourth-order valence-electron chi connectivity index (χ4n) is 5.93. The maximum atomic E-state index is 13.6. The minimum Gasteiger partial charge on any atom is -0.365 e. The Balaban J connectivity index is 1.26. The van der Waals surface area contributed by atoms with Gasteiger partial charge >= 0.3 is 6.61 Å². The molecule has 1 aliphatic heterocycles. The Morgan fingerprint density at radius 1 is 1.21 bits per heavy atom. The van der Waals surface area contributed by atoms with Crippen molar-refractivity contribution >= 4 is 34.3 Å². The number of aromatic nitrogens is 4. The molecule has 6 rings (SSSR count). The molecule has 2 aliphatic carbocycles. The van der Waals surface area contributed by atoms with Crippen molar-refractivity contribution in [1.82, 2.24) is 29.8 Å². The first-order valence-corrected chi connectivity index (χ1v) is 13.8. The molecule has 2 N–H and O–H groups in total. The summed E-state index contributed by atoms with van der Waals surface area (Å²) in [5.41, 5.74) is 0.824. The van der Waals surface area contributed by atoms with Crippen LogP contribution >= 0.6 is 11.3 Å². The Morgan fingerprint density at radius 3 is 2.76 bits per heavy atom. The zero-order chi connectivity index (χ0) is 26.3. The van der Waals surface area contributed by atoms with Gasteiger partial charge in [-0.25, -0.2) is 14.5 Å². The van der Waals surface area contributed by atoms with Crippen molar-refractivity contribution in [3.63, 3.8) is 0 Å². The number of amides is 2. The van der Waals surface area contributed by atoms with Gasteiger partial charge in [-0.3, -0.25) is 9.59 Å². The lowest BCUT2D eigenvalue weighted by atomic mass is 9.87. The Bertz CT molecular complexity index is 1320. The van der Waals surface area contributed by atoms with Crippen molar-refractivity contribution in [3.05, 3.63) is 29.5 Å². The molecule has 3 aromatic heterocycles. The van der Waals surface area contributed by atoms with Crippen molar-refractivity contribution in [2.75, 3.05) is 18.4 Å². The summed E-state index contributed by atoms with van der Waals surface area (Å²) in [6.45, 7) is -1.70. The largest absolute Gasteiger partial charge is 0.365 e. The number of thiazole rings is 1. The number of alkyl halides is 2. The highest BCUT2D eigenvalue weighted by Crippen LogP contribution is 2.46.